The number of aromatic nitrogens is 4. The normalized spacial score (nSPS) is 11.9. The molecule has 0 fully saturated rings. The second kappa shape index (κ2) is 12.4. The molecule has 5 heteroatoms. The topological polar surface area (TPSA) is 48.8 Å². The summed E-state index contributed by atoms with van der Waals surface area (Å²) in [6.45, 7) is 0. The number of hydrogen-bond acceptors (Lipinski definition) is 3. The van der Waals surface area contributed by atoms with Crippen molar-refractivity contribution in [2.24, 2.45) is 0 Å². The summed E-state index contributed by atoms with van der Waals surface area (Å²) in [7, 11) is 0. The lowest BCUT2D eigenvalue weighted by Crippen LogP contribution is -1.98. The summed E-state index contributed by atoms with van der Waals surface area (Å²) in [4.78, 5) is 10.5. The Balaban J connectivity index is 1.09. The fraction of sp³-hybridized carbons (Fsp3) is 0. The number of para-hydroxylation sites is 4. The lowest BCUT2D eigenvalue weighted by molar-refractivity contribution is 0.669. The second-order valence-corrected chi connectivity index (χ2v) is 14.5. The Morgan fingerprint density at radius 2 is 0.877 bits per heavy atom. The minimum absolute atomic E-state index is 0.656. The molecule has 0 radical (unpaired) electrons. The first-order chi connectivity index (χ1) is 28.3. The van der Waals surface area contributed by atoms with Crippen LogP contribution in [0.3, 0.4) is 0 Å². The number of benzene rings is 8. The fourth-order valence-electron chi connectivity index (χ4n) is 8.89. The predicted octanol–water partition coefficient (Wildman–Crippen LogP) is 13.6. The van der Waals surface area contributed by atoms with E-state index in [4.69, 9.17) is 14.4 Å². The Kier molecular flexibility index (Phi) is 6.86. The monoisotopic (exact) mass is 728 g/mol. The average molecular weight is 729 g/mol. The molecule has 0 aliphatic rings. The van der Waals surface area contributed by atoms with Crippen molar-refractivity contribution < 1.29 is 4.42 Å². The Hall–Kier alpha value is -7.76. The molecule has 57 heavy (non-hydrogen) atoms. The molecule has 8 aromatic carbocycles. The summed E-state index contributed by atoms with van der Waals surface area (Å²) in [6, 6.07) is 68.3. The van der Waals surface area contributed by atoms with E-state index < -0.39 is 0 Å². The maximum Gasteiger partial charge on any atom is 0.161 e. The van der Waals surface area contributed by atoms with Crippen molar-refractivity contribution in [3.63, 3.8) is 0 Å². The number of fused-ring (bicyclic) bond motifs is 10. The van der Waals surface area contributed by atoms with Crippen molar-refractivity contribution in [3.8, 4) is 45.3 Å². The SMILES string of the molecule is c1ccc(-c2cc(-c3cccc(-n4c5ccccc5c5c6c7ccccc7n(-c7ccccc7)c6ccc54)c3)nc(-c3cccc4oc5ccccc5c34)n2)cc1. The van der Waals surface area contributed by atoms with Crippen molar-refractivity contribution in [1.82, 2.24) is 19.1 Å². The first-order valence-electron chi connectivity index (χ1n) is 19.3. The summed E-state index contributed by atoms with van der Waals surface area (Å²) in [5, 5.41) is 7.02. The molecule has 12 aromatic rings. The van der Waals surface area contributed by atoms with Crippen LogP contribution in [-0.4, -0.2) is 19.1 Å². The van der Waals surface area contributed by atoms with Gasteiger partial charge in [0.25, 0.3) is 0 Å². The van der Waals surface area contributed by atoms with Crippen LogP contribution in [0.5, 0.6) is 0 Å². The van der Waals surface area contributed by atoms with Crippen LogP contribution in [0.25, 0.3) is 111 Å². The van der Waals surface area contributed by atoms with Gasteiger partial charge in [-0.1, -0.05) is 127 Å². The van der Waals surface area contributed by atoms with Gasteiger partial charge in [0, 0.05) is 60.4 Å². The lowest BCUT2D eigenvalue weighted by atomic mass is 10.0. The number of furan rings is 1. The Morgan fingerprint density at radius 1 is 0.351 bits per heavy atom. The molecule has 0 spiro atoms. The van der Waals surface area contributed by atoms with Crippen LogP contribution in [0.15, 0.2) is 199 Å². The van der Waals surface area contributed by atoms with Crippen molar-refractivity contribution in [2.45, 2.75) is 0 Å². The van der Waals surface area contributed by atoms with Crippen LogP contribution in [0.4, 0.5) is 0 Å². The summed E-state index contributed by atoms with van der Waals surface area (Å²) in [5.41, 5.74) is 13.3. The van der Waals surface area contributed by atoms with E-state index in [1.807, 2.05) is 36.4 Å². The molecule has 0 amide bonds. The zero-order valence-corrected chi connectivity index (χ0v) is 30.7. The molecule has 12 rings (SSSR count). The third kappa shape index (κ3) is 4.82. The molecule has 0 saturated carbocycles. The fourth-order valence-corrected chi connectivity index (χ4v) is 8.89. The highest BCUT2D eigenvalue weighted by Gasteiger charge is 2.21. The maximum atomic E-state index is 6.29. The molecule has 0 aliphatic carbocycles. The van der Waals surface area contributed by atoms with E-state index >= 15 is 0 Å². The smallest absolute Gasteiger partial charge is 0.161 e. The van der Waals surface area contributed by atoms with Gasteiger partial charge in [0.1, 0.15) is 11.2 Å². The van der Waals surface area contributed by atoms with Crippen molar-refractivity contribution in [3.05, 3.63) is 194 Å². The van der Waals surface area contributed by atoms with Crippen LogP contribution in [0.2, 0.25) is 0 Å². The van der Waals surface area contributed by atoms with Crippen LogP contribution in [0.1, 0.15) is 0 Å². The summed E-state index contributed by atoms with van der Waals surface area (Å²) in [5.74, 6) is 0.656. The molecule has 0 saturated heterocycles. The highest BCUT2D eigenvalue weighted by molar-refractivity contribution is 6.29. The third-order valence-corrected chi connectivity index (χ3v) is 11.3. The molecule has 0 bridgehead atoms. The van der Waals surface area contributed by atoms with E-state index in [2.05, 4.69) is 167 Å². The zero-order chi connectivity index (χ0) is 37.5. The molecule has 0 unspecified atom stereocenters. The van der Waals surface area contributed by atoms with E-state index in [0.29, 0.717) is 5.82 Å². The Morgan fingerprint density at radius 3 is 1.60 bits per heavy atom. The molecule has 0 N–H and O–H groups in total. The molecular weight excluding hydrogens is 697 g/mol. The van der Waals surface area contributed by atoms with Gasteiger partial charge in [-0.2, -0.15) is 0 Å². The largest absolute Gasteiger partial charge is 0.456 e. The van der Waals surface area contributed by atoms with E-state index in [9.17, 15) is 0 Å². The third-order valence-electron chi connectivity index (χ3n) is 11.3. The van der Waals surface area contributed by atoms with Gasteiger partial charge >= 0.3 is 0 Å². The summed E-state index contributed by atoms with van der Waals surface area (Å²) in [6.07, 6.45) is 0. The molecule has 0 atom stereocenters. The molecular formula is C52H32N4O. The first-order valence-corrected chi connectivity index (χ1v) is 19.3. The minimum Gasteiger partial charge on any atom is -0.456 e. The average Bonchev–Trinajstić information content (AvgIpc) is 3.94. The molecule has 0 aliphatic heterocycles. The van der Waals surface area contributed by atoms with Crippen LogP contribution in [-0.2, 0) is 0 Å². The highest BCUT2D eigenvalue weighted by atomic mass is 16.3. The first kappa shape index (κ1) is 31.6. The molecule has 266 valence electrons. The lowest BCUT2D eigenvalue weighted by Gasteiger charge is -2.13. The van der Waals surface area contributed by atoms with Gasteiger partial charge in [0.05, 0.1) is 33.5 Å². The maximum absolute atomic E-state index is 6.29. The number of rotatable bonds is 5. The Bertz CT molecular complexity index is 3520. The van der Waals surface area contributed by atoms with Gasteiger partial charge < -0.3 is 13.6 Å². The number of nitrogens with zero attached hydrogens (tertiary/aromatic N) is 4. The Labute approximate surface area is 327 Å². The highest BCUT2D eigenvalue weighted by Crippen LogP contribution is 2.43. The van der Waals surface area contributed by atoms with Gasteiger partial charge in [-0.25, -0.2) is 9.97 Å². The summed E-state index contributed by atoms with van der Waals surface area (Å²) < 4.78 is 11.1. The van der Waals surface area contributed by atoms with Gasteiger partial charge in [-0.05, 0) is 66.7 Å². The van der Waals surface area contributed by atoms with E-state index in [1.54, 1.807) is 0 Å². The molecule has 5 nitrogen and oxygen atoms in total. The van der Waals surface area contributed by atoms with Crippen LogP contribution >= 0.6 is 0 Å². The van der Waals surface area contributed by atoms with Crippen molar-refractivity contribution >= 4 is 65.6 Å². The van der Waals surface area contributed by atoms with Crippen molar-refractivity contribution in [2.75, 3.05) is 0 Å². The summed E-state index contributed by atoms with van der Waals surface area (Å²) >= 11 is 0. The van der Waals surface area contributed by atoms with Crippen LogP contribution in [0, 0.1) is 0 Å². The minimum atomic E-state index is 0.656. The van der Waals surface area contributed by atoms with Gasteiger partial charge in [0.15, 0.2) is 5.82 Å². The zero-order valence-electron chi connectivity index (χ0n) is 30.7. The van der Waals surface area contributed by atoms with E-state index in [1.165, 1.54) is 32.6 Å². The van der Waals surface area contributed by atoms with Gasteiger partial charge in [-0.3, -0.25) is 0 Å². The molecule has 4 heterocycles. The standard InChI is InChI=1S/C52H32N4O/c1-3-15-33(16-4-1)41-32-42(54-52(53-41)40-24-14-28-48-49(40)39-23-9-12-27-47(39)57-48)34-17-13-20-36(31-34)56-44-26-11-8-22-38(44)51-46(56)30-29-45-50(51)37-21-7-10-25-43(37)55(45)35-18-5-2-6-19-35/h1-32H. The van der Waals surface area contributed by atoms with Crippen LogP contribution < -0.4 is 0 Å². The van der Waals surface area contributed by atoms with E-state index in [0.717, 1.165) is 72.4 Å². The molecule has 4 aromatic heterocycles. The second-order valence-electron chi connectivity index (χ2n) is 14.5. The number of hydrogen-bond donors (Lipinski definition) is 0. The van der Waals surface area contributed by atoms with Crippen molar-refractivity contribution in [1.29, 1.82) is 0 Å². The van der Waals surface area contributed by atoms with Gasteiger partial charge in [-0.15, -0.1) is 0 Å². The van der Waals surface area contributed by atoms with Gasteiger partial charge in [0.2, 0.25) is 0 Å². The quantitative estimate of drug-likeness (QED) is 0.177. The predicted molar refractivity (Wildman–Crippen MR) is 234 cm³/mol. The van der Waals surface area contributed by atoms with E-state index in [-0.39, 0.29) is 0 Å².